The van der Waals surface area contributed by atoms with Crippen LogP contribution in [-0.2, 0) is 14.3 Å². The fourth-order valence-corrected chi connectivity index (χ4v) is 2.82. The van der Waals surface area contributed by atoms with Crippen molar-refractivity contribution in [1.29, 1.82) is 0 Å². The molecule has 3 atom stereocenters. The molecule has 0 aromatic carbocycles. The van der Waals surface area contributed by atoms with E-state index in [1.165, 1.54) is 0 Å². The minimum atomic E-state index is -0.0442. The Hall–Kier alpha value is -0.300. The molecule has 2 saturated heterocycles. The van der Waals surface area contributed by atoms with Crippen LogP contribution in [-0.4, -0.2) is 55.5 Å². The zero-order chi connectivity index (χ0) is 12.1. The summed E-state index contributed by atoms with van der Waals surface area (Å²) in [6.07, 6.45) is 1.16. The molecule has 0 bridgehead atoms. The van der Waals surface area contributed by atoms with Crippen LogP contribution in [0.3, 0.4) is 0 Å². The summed E-state index contributed by atoms with van der Waals surface area (Å²) in [6.45, 7) is 3.99. The fraction of sp³-hybridized carbons (Fsp3) is 0.909. The minimum Gasteiger partial charge on any atom is -0.379 e. The van der Waals surface area contributed by atoms with Gasteiger partial charge in [-0.15, -0.1) is 11.8 Å². The SMILES string of the molecule is CC(COC1CCOC1)NC(=O)C1CSCN1. The molecule has 3 unspecified atom stereocenters. The molecule has 98 valence electrons. The zero-order valence-electron chi connectivity index (χ0n) is 10.1. The average molecular weight is 260 g/mol. The standard InChI is InChI=1S/C11H20N2O3S/c1-8(4-16-9-2-3-15-5-9)13-11(14)10-6-17-7-12-10/h8-10,12H,2-7H2,1H3,(H,13,14). The maximum Gasteiger partial charge on any atom is 0.238 e. The lowest BCUT2D eigenvalue weighted by atomic mass is 10.2. The van der Waals surface area contributed by atoms with E-state index in [1.807, 2.05) is 6.92 Å². The Balaban J connectivity index is 1.62. The summed E-state index contributed by atoms with van der Waals surface area (Å²) >= 11 is 1.75. The molecule has 2 aliphatic heterocycles. The summed E-state index contributed by atoms with van der Waals surface area (Å²) in [5, 5.41) is 6.11. The van der Waals surface area contributed by atoms with Crippen LogP contribution in [0.25, 0.3) is 0 Å². The van der Waals surface area contributed by atoms with Crippen molar-refractivity contribution >= 4 is 17.7 Å². The van der Waals surface area contributed by atoms with Crippen LogP contribution in [0.4, 0.5) is 0 Å². The second kappa shape index (κ2) is 6.58. The molecular formula is C11H20N2O3S. The van der Waals surface area contributed by atoms with Gasteiger partial charge in [-0.3, -0.25) is 10.1 Å². The van der Waals surface area contributed by atoms with Gasteiger partial charge < -0.3 is 14.8 Å². The number of rotatable bonds is 5. The number of amides is 1. The maximum atomic E-state index is 11.8. The summed E-state index contributed by atoms with van der Waals surface area (Å²) in [5.41, 5.74) is 0. The number of thioether (sulfide) groups is 1. The number of carbonyl (C=O) groups is 1. The smallest absolute Gasteiger partial charge is 0.238 e. The Labute approximate surface area is 106 Å². The molecule has 0 spiro atoms. The Bertz CT molecular complexity index is 253. The first-order valence-corrected chi connectivity index (χ1v) is 7.22. The van der Waals surface area contributed by atoms with E-state index in [0.717, 1.165) is 24.7 Å². The van der Waals surface area contributed by atoms with Crippen molar-refractivity contribution in [2.45, 2.75) is 31.5 Å². The largest absolute Gasteiger partial charge is 0.379 e. The number of hydrogen-bond donors (Lipinski definition) is 2. The summed E-state index contributed by atoms with van der Waals surface area (Å²) in [5.74, 6) is 1.80. The predicted octanol–water partition coefficient (Wildman–Crippen LogP) is -0.0409. The van der Waals surface area contributed by atoms with Gasteiger partial charge in [0.05, 0.1) is 25.4 Å². The zero-order valence-corrected chi connectivity index (χ0v) is 10.9. The van der Waals surface area contributed by atoms with Crippen molar-refractivity contribution in [2.75, 3.05) is 31.5 Å². The fourth-order valence-electron chi connectivity index (χ4n) is 1.87. The van der Waals surface area contributed by atoms with Crippen molar-refractivity contribution in [3.63, 3.8) is 0 Å². The number of nitrogens with one attached hydrogen (secondary N) is 2. The first-order chi connectivity index (χ1) is 8.25. The third-order valence-corrected chi connectivity index (χ3v) is 3.83. The van der Waals surface area contributed by atoms with Crippen LogP contribution in [0.15, 0.2) is 0 Å². The van der Waals surface area contributed by atoms with Gasteiger partial charge in [0.2, 0.25) is 5.91 Å². The van der Waals surface area contributed by atoms with Crippen molar-refractivity contribution < 1.29 is 14.3 Å². The summed E-state index contributed by atoms with van der Waals surface area (Å²) in [4.78, 5) is 11.8. The van der Waals surface area contributed by atoms with Crippen LogP contribution >= 0.6 is 11.8 Å². The Morgan fingerprint density at radius 3 is 3.24 bits per heavy atom. The molecule has 5 nitrogen and oxygen atoms in total. The van der Waals surface area contributed by atoms with Crippen molar-refractivity contribution in [3.05, 3.63) is 0 Å². The Morgan fingerprint density at radius 2 is 2.59 bits per heavy atom. The molecule has 0 aromatic heterocycles. The van der Waals surface area contributed by atoms with Crippen LogP contribution in [0, 0.1) is 0 Å². The monoisotopic (exact) mass is 260 g/mol. The lowest BCUT2D eigenvalue weighted by molar-refractivity contribution is -0.123. The molecule has 2 fully saturated rings. The van der Waals surface area contributed by atoms with Crippen molar-refractivity contribution in [2.24, 2.45) is 0 Å². The van der Waals surface area contributed by atoms with Crippen molar-refractivity contribution in [3.8, 4) is 0 Å². The predicted molar refractivity (Wildman–Crippen MR) is 67.0 cm³/mol. The maximum absolute atomic E-state index is 11.8. The topological polar surface area (TPSA) is 59.6 Å². The van der Waals surface area contributed by atoms with E-state index in [2.05, 4.69) is 10.6 Å². The highest BCUT2D eigenvalue weighted by atomic mass is 32.2. The number of ether oxygens (including phenoxy) is 2. The van der Waals surface area contributed by atoms with Crippen LogP contribution < -0.4 is 10.6 Å². The Kier molecular flexibility index (Phi) is 5.09. The van der Waals surface area contributed by atoms with Crippen molar-refractivity contribution in [1.82, 2.24) is 10.6 Å². The molecule has 2 aliphatic rings. The van der Waals surface area contributed by atoms with E-state index >= 15 is 0 Å². The first kappa shape index (κ1) is 13.1. The third-order valence-electron chi connectivity index (χ3n) is 2.89. The molecule has 2 N–H and O–H groups in total. The second-order valence-electron chi connectivity index (χ2n) is 4.50. The van der Waals surface area contributed by atoms with Gasteiger partial charge in [-0.1, -0.05) is 0 Å². The highest BCUT2D eigenvalue weighted by molar-refractivity contribution is 7.99. The van der Waals surface area contributed by atoms with E-state index in [9.17, 15) is 4.79 Å². The summed E-state index contributed by atoms with van der Waals surface area (Å²) in [6, 6.07) is 0.00719. The minimum absolute atomic E-state index is 0.0442. The average Bonchev–Trinajstić information content (AvgIpc) is 2.99. The van der Waals surface area contributed by atoms with E-state index in [-0.39, 0.29) is 24.1 Å². The quantitative estimate of drug-likeness (QED) is 0.726. The molecular weight excluding hydrogens is 240 g/mol. The van der Waals surface area contributed by atoms with E-state index < -0.39 is 0 Å². The van der Waals surface area contributed by atoms with E-state index in [0.29, 0.717) is 13.2 Å². The van der Waals surface area contributed by atoms with Gasteiger partial charge in [-0.05, 0) is 13.3 Å². The van der Waals surface area contributed by atoms with Gasteiger partial charge in [0.25, 0.3) is 0 Å². The van der Waals surface area contributed by atoms with Crippen LogP contribution in [0.2, 0.25) is 0 Å². The van der Waals surface area contributed by atoms with Gasteiger partial charge in [0.15, 0.2) is 0 Å². The molecule has 0 aliphatic carbocycles. The Morgan fingerprint density at radius 1 is 1.71 bits per heavy atom. The summed E-state index contributed by atoms with van der Waals surface area (Å²) < 4.78 is 10.9. The molecule has 2 rings (SSSR count). The van der Waals surface area contributed by atoms with Gasteiger partial charge in [-0.25, -0.2) is 0 Å². The number of hydrogen-bond acceptors (Lipinski definition) is 5. The normalized spacial score (nSPS) is 30.4. The van der Waals surface area contributed by atoms with Gasteiger partial charge >= 0.3 is 0 Å². The first-order valence-electron chi connectivity index (χ1n) is 6.06. The highest BCUT2D eigenvalue weighted by Crippen LogP contribution is 2.10. The molecule has 0 aromatic rings. The molecule has 17 heavy (non-hydrogen) atoms. The van der Waals surface area contributed by atoms with E-state index in [4.69, 9.17) is 9.47 Å². The van der Waals surface area contributed by atoms with E-state index in [1.54, 1.807) is 11.8 Å². The van der Waals surface area contributed by atoms with Gasteiger partial charge in [-0.2, -0.15) is 0 Å². The second-order valence-corrected chi connectivity index (χ2v) is 5.53. The summed E-state index contributed by atoms with van der Waals surface area (Å²) in [7, 11) is 0. The molecule has 0 saturated carbocycles. The molecule has 0 radical (unpaired) electrons. The van der Waals surface area contributed by atoms with Crippen LogP contribution in [0.1, 0.15) is 13.3 Å². The molecule has 6 heteroatoms. The van der Waals surface area contributed by atoms with Crippen LogP contribution in [0.5, 0.6) is 0 Å². The highest BCUT2D eigenvalue weighted by Gasteiger charge is 2.24. The molecule has 1 amide bonds. The van der Waals surface area contributed by atoms with Gasteiger partial charge in [0, 0.05) is 24.3 Å². The lowest BCUT2D eigenvalue weighted by Crippen LogP contribution is -2.47. The lowest BCUT2D eigenvalue weighted by Gasteiger charge is -2.18. The van der Waals surface area contributed by atoms with Gasteiger partial charge in [0.1, 0.15) is 0 Å². The molecule has 2 heterocycles. The number of carbonyl (C=O) groups excluding carboxylic acids is 1. The third kappa shape index (κ3) is 4.13.